The average molecular weight is 301 g/mol. The van der Waals surface area contributed by atoms with Gasteiger partial charge in [0, 0.05) is 14.8 Å². The van der Waals surface area contributed by atoms with Gasteiger partial charge >= 0.3 is 0 Å². The molecule has 2 rings (SSSR count). The van der Waals surface area contributed by atoms with Crippen LogP contribution in [-0.4, -0.2) is 5.78 Å². The van der Waals surface area contributed by atoms with E-state index in [1.165, 1.54) is 17.7 Å². The van der Waals surface area contributed by atoms with Gasteiger partial charge in [0.1, 0.15) is 0 Å². The molecule has 1 saturated carbocycles. The standard InChI is InChI=1S/C13H17BrOS/c1-3-13(6-4-5-7-13)12(15)11-10(14)8-9(2)16-11/h8H,3-7H2,1-2H3. The van der Waals surface area contributed by atoms with Crippen LogP contribution in [-0.2, 0) is 0 Å². The van der Waals surface area contributed by atoms with Crippen molar-refractivity contribution in [1.29, 1.82) is 0 Å². The Balaban J connectivity index is 2.33. The maximum absolute atomic E-state index is 12.6. The topological polar surface area (TPSA) is 17.1 Å². The van der Waals surface area contributed by atoms with Crippen LogP contribution < -0.4 is 0 Å². The first-order valence-corrected chi connectivity index (χ1v) is 7.51. The summed E-state index contributed by atoms with van der Waals surface area (Å²) in [6.45, 7) is 4.21. The van der Waals surface area contributed by atoms with E-state index in [4.69, 9.17) is 0 Å². The third-order valence-corrected chi connectivity index (χ3v) is 5.67. The highest BCUT2D eigenvalue weighted by Gasteiger charge is 2.40. The number of hydrogen-bond acceptors (Lipinski definition) is 2. The number of ketones is 1. The Kier molecular flexibility index (Phi) is 3.55. The maximum Gasteiger partial charge on any atom is 0.180 e. The van der Waals surface area contributed by atoms with Gasteiger partial charge in [-0.15, -0.1) is 11.3 Å². The molecular formula is C13H17BrOS. The van der Waals surface area contributed by atoms with E-state index in [9.17, 15) is 4.79 Å². The summed E-state index contributed by atoms with van der Waals surface area (Å²) in [5.41, 5.74) is -0.0557. The first-order chi connectivity index (χ1) is 7.59. The van der Waals surface area contributed by atoms with Gasteiger partial charge in [0.25, 0.3) is 0 Å². The van der Waals surface area contributed by atoms with Crippen LogP contribution in [0.2, 0.25) is 0 Å². The minimum absolute atomic E-state index is 0.0557. The molecule has 16 heavy (non-hydrogen) atoms. The molecule has 0 aromatic carbocycles. The summed E-state index contributed by atoms with van der Waals surface area (Å²) < 4.78 is 0.986. The summed E-state index contributed by atoms with van der Waals surface area (Å²) in [5.74, 6) is 0.373. The predicted octanol–water partition coefficient (Wildman–Crippen LogP) is 4.97. The van der Waals surface area contributed by atoms with Crippen LogP contribution in [0, 0.1) is 12.3 Å². The Morgan fingerprint density at radius 1 is 1.50 bits per heavy atom. The molecule has 0 amide bonds. The zero-order valence-corrected chi connectivity index (χ0v) is 12.2. The lowest BCUT2D eigenvalue weighted by molar-refractivity contribution is 0.0795. The fourth-order valence-corrected chi connectivity index (χ4v) is 4.55. The quantitative estimate of drug-likeness (QED) is 0.720. The maximum atomic E-state index is 12.6. The van der Waals surface area contributed by atoms with Crippen LogP contribution in [0.5, 0.6) is 0 Å². The summed E-state index contributed by atoms with van der Waals surface area (Å²) in [7, 11) is 0. The van der Waals surface area contributed by atoms with Gasteiger partial charge in [0.2, 0.25) is 0 Å². The molecule has 0 unspecified atom stereocenters. The third kappa shape index (κ3) is 2.00. The lowest BCUT2D eigenvalue weighted by Crippen LogP contribution is -2.26. The van der Waals surface area contributed by atoms with Gasteiger partial charge in [0.15, 0.2) is 5.78 Å². The Bertz CT molecular complexity index is 402. The average Bonchev–Trinajstić information content (AvgIpc) is 2.85. The summed E-state index contributed by atoms with van der Waals surface area (Å²) >= 11 is 5.13. The smallest absolute Gasteiger partial charge is 0.180 e. The predicted molar refractivity (Wildman–Crippen MR) is 72.3 cm³/mol. The number of carbonyl (C=O) groups is 1. The monoisotopic (exact) mass is 300 g/mol. The van der Waals surface area contributed by atoms with Crippen LogP contribution in [0.3, 0.4) is 0 Å². The molecule has 0 saturated heterocycles. The van der Waals surface area contributed by atoms with Crippen LogP contribution in [0.1, 0.15) is 53.6 Å². The molecule has 3 heteroatoms. The van der Waals surface area contributed by atoms with E-state index in [0.29, 0.717) is 5.78 Å². The molecule has 1 aromatic rings. The fourth-order valence-electron chi connectivity index (χ4n) is 2.67. The van der Waals surface area contributed by atoms with E-state index in [2.05, 4.69) is 35.8 Å². The van der Waals surface area contributed by atoms with Crippen molar-refractivity contribution in [3.05, 3.63) is 20.3 Å². The highest BCUT2D eigenvalue weighted by atomic mass is 79.9. The van der Waals surface area contributed by atoms with Crippen molar-refractivity contribution in [3.8, 4) is 0 Å². The number of Topliss-reactive ketones (excluding diaryl/α,β-unsaturated/α-hetero) is 1. The van der Waals surface area contributed by atoms with E-state index in [0.717, 1.165) is 28.6 Å². The Hall–Kier alpha value is -0.150. The lowest BCUT2D eigenvalue weighted by atomic mass is 9.78. The van der Waals surface area contributed by atoms with E-state index < -0.39 is 0 Å². The summed E-state index contributed by atoms with van der Waals surface area (Å²) in [6, 6.07) is 2.05. The van der Waals surface area contributed by atoms with E-state index in [1.54, 1.807) is 11.3 Å². The molecule has 1 aromatic heterocycles. The lowest BCUT2D eigenvalue weighted by Gasteiger charge is -2.25. The molecule has 88 valence electrons. The van der Waals surface area contributed by atoms with Crippen molar-refractivity contribution in [3.63, 3.8) is 0 Å². The van der Waals surface area contributed by atoms with Gasteiger partial charge in [-0.05, 0) is 48.2 Å². The highest BCUT2D eigenvalue weighted by Crippen LogP contribution is 2.45. The second-order valence-electron chi connectivity index (χ2n) is 4.70. The number of rotatable bonds is 3. The van der Waals surface area contributed by atoms with Crippen LogP contribution >= 0.6 is 27.3 Å². The van der Waals surface area contributed by atoms with Crippen molar-refractivity contribution in [2.24, 2.45) is 5.41 Å². The van der Waals surface area contributed by atoms with Crippen LogP contribution in [0.25, 0.3) is 0 Å². The van der Waals surface area contributed by atoms with Gasteiger partial charge in [-0.3, -0.25) is 4.79 Å². The second kappa shape index (κ2) is 4.61. The number of carbonyl (C=O) groups excluding carboxylic acids is 1. The van der Waals surface area contributed by atoms with Crippen molar-refractivity contribution < 1.29 is 4.79 Å². The number of halogens is 1. The minimum atomic E-state index is -0.0557. The zero-order chi connectivity index (χ0) is 11.8. The number of hydrogen-bond donors (Lipinski definition) is 0. The Morgan fingerprint density at radius 3 is 2.56 bits per heavy atom. The van der Waals surface area contributed by atoms with E-state index >= 15 is 0 Å². The molecule has 1 heterocycles. The molecule has 1 fully saturated rings. The van der Waals surface area contributed by atoms with Gasteiger partial charge < -0.3 is 0 Å². The normalized spacial score (nSPS) is 18.9. The molecule has 0 bridgehead atoms. The fraction of sp³-hybridized carbons (Fsp3) is 0.615. The molecule has 1 aliphatic carbocycles. The van der Waals surface area contributed by atoms with E-state index in [1.807, 2.05) is 0 Å². The Morgan fingerprint density at radius 2 is 2.12 bits per heavy atom. The van der Waals surface area contributed by atoms with Crippen molar-refractivity contribution >= 4 is 33.0 Å². The molecule has 1 nitrogen and oxygen atoms in total. The largest absolute Gasteiger partial charge is 0.293 e. The highest BCUT2D eigenvalue weighted by molar-refractivity contribution is 9.10. The molecular weight excluding hydrogens is 284 g/mol. The van der Waals surface area contributed by atoms with Crippen molar-refractivity contribution in [2.75, 3.05) is 0 Å². The summed E-state index contributed by atoms with van der Waals surface area (Å²) in [6.07, 6.45) is 5.55. The van der Waals surface area contributed by atoms with Crippen LogP contribution in [0.4, 0.5) is 0 Å². The summed E-state index contributed by atoms with van der Waals surface area (Å²) in [4.78, 5) is 14.8. The third-order valence-electron chi connectivity index (χ3n) is 3.74. The van der Waals surface area contributed by atoms with Gasteiger partial charge in [-0.1, -0.05) is 19.8 Å². The van der Waals surface area contributed by atoms with E-state index in [-0.39, 0.29) is 5.41 Å². The molecule has 0 atom stereocenters. The second-order valence-corrected chi connectivity index (χ2v) is 6.81. The van der Waals surface area contributed by atoms with Gasteiger partial charge in [-0.25, -0.2) is 0 Å². The first-order valence-electron chi connectivity index (χ1n) is 5.90. The zero-order valence-electron chi connectivity index (χ0n) is 9.81. The molecule has 0 spiro atoms. The molecule has 1 aliphatic rings. The van der Waals surface area contributed by atoms with Gasteiger partial charge in [0.05, 0.1) is 4.88 Å². The molecule has 0 aliphatic heterocycles. The minimum Gasteiger partial charge on any atom is -0.293 e. The molecule has 0 radical (unpaired) electrons. The number of thiophene rings is 1. The van der Waals surface area contributed by atoms with Gasteiger partial charge in [-0.2, -0.15) is 0 Å². The first kappa shape index (κ1) is 12.3. The van der Waals surface area contributed by atoms with Crippen molar-refractivity contribution in [1.82, 2.24) is 0 Å². The SMILES string of the molecule is CCC1(C(=O)c2sc(C)cc2Br)CCCC1. The van der Waals surface area contributed by atoms with Crippen LogP contribution in [0.15, 0.2) is 10.5 Å². The number of aryl methyl sites for hydroxylation is 1. The molecule has 0 N–H and O–H groups in total. The summed E-state index contributed by atoms with van der Waals surface area (Å²) in [5, 5.41) is 0. The van der Waals surface area contributed by atoms with Crippen molar-refractivity contribution in [2.45, 2.75) is 46.0 Å². The Labute approximate surface area is 109 Å².